The van der Waals surface area contributed by atoms with E-state index < -0.39 is 0 Å². The van der Waals surface area contributed by atoms with E-state index in [2.05, 4.69) is 0 Å². The van der Waals surface area contributed by atoms with Gasteiger partial charge < -0.3 is 4.90 Å². The molecule has 0 atom stereocenters. The van der Waals surface area contributed by atoms with Crippen molar-refractivity contribution in [2.75, 3.05) is 13.1 Å². The Kier molecular flexibility index (Phi) is 4.32. The number of carbonyl (C=O) groups is 1. The second kappa shape index (κ2) is 5.75. The van der Waals surface area contributed by atoms with Gasteiger partial charge in [0.1, 0.15) is 13.1 Å². The fourth-order valence-electron chi connectivity index (χ4n) is 1.15. The van der Waals surface area contributed by atoms with E-state index in [0.29, 0.717) is 10.6 Å². The lowest BCUT2D eigenvalue weighted by molar-refractivity contribution is 0.0795. The molecule has 0 spiro atoms. The molecule has 1 amide bonds. The van der Waals surface area contributed by atoms with Crippen LogP contribution in [0, 0.1) is 22.7 Å². The summed E-state index contributed by atoms with van der Waals surface area (Å²) in [5, 5.41) is 17.6. The Morgan fingerprint density at radius 2 is 1.69 bits per heavy atom. The van der Waals surface area contributed by atoms with Crippen LogP contribution in [0.1, 0.15) is 10.4 Å². The van der Waals surface area contributed by atoms with Gasteiger partial charge >= 0.3 is 0 Å². The molecule has 1 aromatic rings. The van der Waals surface area contributed by atoms with Crippen molar-refractivity contribution >= 4 is 17.5 Å². The summed E-state index contributed by atoms with van der Waals surface area (Å²) in [6.07, 6.45) is 0. The van der Waals surface area contributed by atoms with Crippen molar-refractivity contribution in [3.8, 4) is 12.1 Å². The summed E-state index contributed by atoms with van der Waals surface area (Å²) in [7, 11) is 0. The van der Waals surface area contributed by atoms with Crippen LogP contribution in [0.2, 0.25) is 5.02 Å². The normalized spacial score (nSPS) is 8.94. The van der Waals surface area contributed by atoms with Gasteiger partial charge in [-0.05, 0) is 24.3 Å². The summed E-state index contributed by atoms with van der Waals surface area (Å²) in [4.78, 5) is 13.0. The molecule has 16 heavy (non-hydrogen) atoms. The first kappa shape index (κ1) is 12.0. The Labute approximate surface area is 98.3 Å². The lowest BCUT2D eigenvalue weighted by Crippen LogP contribution is -2.31. The van der Waals surface area contributed by atoms with Crippen molar-refractivity contribution in [2.24, 2.45) is 0 Å². The molecule has 1 rings (SSSR count). The Balaban J connectivity index is 2.87. The van der Waals surface area contributed by atoms with Crippen LogP contribution < -0.4 is 0 Å². The molecule has 4 nitrogen and oxygen atoms in total. The zero-order valence-electron chi connectivity index (χ0n) is 8.35. The molecule has 80 valence electrons. The maximum Gasteiger partial charge on any atom is 0.255 e. The number of hydrogen-bond donors (Lipinski definition) is 0. The Morgan fingerprint density at radius 3 is 2.12 bits per heavy atom. The van der Waals surface area contributed by atoms with E-state index in [0.717, 1.165) is 0 Å². The quantitative estimate of drug-likeness (QED) is 0.748. The third kappa shape index (κ3) is 2.98. The molecule has 0 aliphatic carbocycles. The minimum absolute atomic E-state index is 0.102. The van der Waals surface area contributed by atoms with E-state index in [1.165, 1.54) is 4.90 Å². The summed E-state index contributed by atoms with van der Waals surface area (Å²) in [6, 6.07) is 9.99. The van der Waals surface area contributed by atoms with Crippen LogP contribution in [0.3, 0.4) is 0 Å². The SMILES string of the molecule is N#CCN(CC#N)C(=O)c1ccc(Cl)cc1. The first-order valence-corrected chi connectivity index (χ1v) is 4.85. The zero-order chi connectivity index (χ0) is 12.0. The van der Waals surface area contributed by atoms with Crippen LogP contribution in [-0.4, -0.2) is 23.9 Å². The number of benzene rings is 1. The number of halogens is 1. The summed E-state index contributed by atoms with van der Waals surface area (Å²) in [6.45, 7) is -0.204. The van der Waals surface area contributed by atoms with Crippen molar-refractivity contribution in [1.29, 1.82) is 10.5 Å². The smallest absolute Gasteiger partial charge is 0.255 e. The average molecular weight is 234 g/mol. The van der Waals surface area contributed by atoms with Crippen molar-refractivity contribution in [3.63, 3.8) is 0 Å². The molecule has 0 heterocycles. The van der Waals surface area contributed by atoms with Gasteiger partial charge in [0.2, 0.25) is 0 Å². The molecule has 0 aliphatic heterocycles. The van der Waals surface area contributed by atoms with E-state index in [-0.39, 0.29) is 19.0 Å². The topological polar surface area (TPSA) is 67.9 Å². The van der Waals surface area contributed by atoms with Gasteiger partial charge in [-0.25, -0.2) is 0 Å². The Hall–Kier alpha value is -2.04. The molecule has 0 N–H and O–H groups in total. The zero-order valence-corrected chi connectivity index (χ0v) is 9.11. The van der Waals surface area contributed by atoms with Gasteiger partial charge in [-0.15, -0.1) is 0 Å². The van der Waals surface area contributed by atoms with Crippen LogP contribution in [0.5, 0.6) is 0 Å². The molecule has 0 aromatic heterocycles. The molecular weight excluding hydrogens is 226 g/mol. The maximum absolute atomic E-state index is 11.8. The average Bonchev–Trinajstić information content (AvgIpc) is 2.29. The molecule has 0 saturated heterocycles. The van der Waals surface area contributed by atoms with E-state index >= 15 is 0 Å². The van der Waals surface area contributed by atoms with Gasteiger partial charge in [0.05, 0.1) is 12.1 Å². The van der Waals surface area contributed by atoms with Crippen molar-refractivity contribution in [1.82, 2.24) is 4.90 Å². The fourth-order valence-corrected chi connectivity index (χ4v) is 1.27. The number of nitrogens with zero attached hydrogens (tertiary/aromatic N) is 3. The van der Waals surface area contributed by atoms with E-state index in [4.69, 9.17) is 22.1 Å². The highest BCUT2D eigenvalue weighted by Crippen LogP contribution is 2.11. The number of amides is 1. The molecule has 0 radical (unpaired) electrons. The van der Waals surface area contributed by atoms with E-state index in [9.17, 15) is 4.79 Å². The van der Waals surface area contributed by atoms with Crippen molar-refractivity contribution in [2.45, 2.75) is 0 Å². The summed E-state index contributed by atoms with van der Waals surface area (Å²) >= 11 is 5.69. The predicted octanol–water partition coefficient (Wildman–Crippen LogP) is 1.83. The molecular formula is C11H8ClN3O. The van der Waals surface area contributed by atoms with Crippen LogP contribution in [-0.2, 0) is 0 Å². The van der Waals surface area contributed by atoms with Crippen molar-refractivity contribution in [3.05, 3.63) is 34.9 Å². The maximum atomic E-state index is 11.8. The Bertz CT molecular complexity index is 440. The van der Waals surface area contributed by atoms with Crippen LogP contribution >= 0.6 is 11.6 Å². The number of carbonyl (C=O) groups excluding carboxylic acids is 1. The van der Waals surface area contributed by atoms with E-state index in [1.54, 1.807) is 24.3 Å². The molecule has 0 fully saturated rings. The minimum atomic E-state index is -0.347. The largest absolute Gasteiger partial charge is 0.312 e. The van der Waals surface area contributed by atoms with Gasteiger partial charge in [0.25, 0.3) is 5.91 Å². The second-order valence-corrected chi connectivity index (χ2v) is 3.42. The number of nitriles is 2. The predicted molar refractivity (Wildman–Crippen MR) is 58.6 cm³/mol. The molecule has 1 aromatic carbocycles. The number of rotatable bonds is 3. The minimum Gasteiger partial charge on any atom is -0.312 e. The Morgan fingerprint density at radius 1 is 1.19 bits per heavy atom. The lowest BCUT2D eigenvalue weighted by Gasteiger charge is -2.15. The first-order valence-electron chi connectivity index (χ1n) is 4.47. The molecule has 5 heteroatoms. The standard InChI is InChI=1S/C11H8ClN3O/c12-10-3-1-9(2-4-10)11(16)15(7-5-13)8-6-14/h1-4H,7-8H2. The molecule has 0 saturated carbocycles. The third-order valence-corrected chi connectivity index (χ3v) is 2.15. The molecule has 0 aliphatic rings. The van der Waals surface area contributed by atoms with Crippen molar-refractivity contribution < 1.29 is 4.79 Å². The third-order valence-electron chi connectivity index (χ3n) is 1.90. The van der Waals surface area contributed by atoms with Crippen LogP contribution in [0.25, 0.3) is 0 Å². The summed E-state index contributed by atoms with van der Waals surface area (Å²) in [5.41, 5.74) is 0.412. The van der Waals surface area contributed by atoms with Gasteiger partial charge in [0.15, 0.2) is 0 Å². The second-order valence-electron chi connectivity index (χ2n) is 2.98. The molecule has 0 bridgehead atoms. The number of hydrogen-bond acceptors (Lipinski definition) is 3. The lowest BCUT2D eigenvalue weighted by atomic mass is 10.2. The van der Waals surface area contributed by atoms with Gasteiger partial charge in [0, 0.05) is 10.6 Å². The fraction of sp³-hybridized carbons (Fsp3) is 0.182. The first-order chi connectivity index (χ1) is 7.69. The van der Waals surface area contributed by atoms with Gasteiger partial charge in [-0.1, -0.05) is 11.6 Å². The van der Waals surface area contributed by atoms with Crippen LogP contribution in [0.4, 0.5) is 0 Å². The highest BCUT2D eigenvalue weighted by molar-refractivity contribution is 6.30. The van der Waals surface area contributed by atoms with Crippen LogP contribution in [0.15, 0.2) is 24.3 Å². The highest BCUT2D eigenvalue weighted by atomic mass is 35.5. The van der Waals surface area contributed by atoms with E-state index in [1.807, 2.05) is 12.1 Å². The molecule has 0 unspecified atom stereocenters. The summed E-state index contributed by atoms with van der Waals surface area (Å²) < 4.78 is 0. The highest BCUT2D eigenvalue weighted by Gasteiger charge is 2.14. The summed E-state index contributed by atoms with van der Waals surface area (Å²) in [5.74, 6) is -0.347. The van der Waals surface area contributed by atoms with Gasteiger partial charge in [-0.2, -0.15) is 10.5 Å². The van der Waals surface area contributed by atoms with Gasteiger partial charge in [-0.3, -0.25) is 4.79 Å². The monoisotopic (exact) mass is 233 g/mol.